The molecule has 0 spiro atoms. The fraction of sp³-hybridized carbons (Fsp3) is 0.500. The van der Waals surface area contributed by atoms with Gasteiger partial charge in [0.2, 0.25) is 0 Å². The van der Waals surface area contributed by atoms with E-state index in [2.05, 4.69) is 10.5 Å². The minimum absolute atomic E-state index is 0.0257. The number of nitrogens with zero attached hydrogens (tertiary/aromatic N) is 1. The number of hydrogen-bond donors (Lipinski definition) is 4. The normalized spacial score (nSPS) is 17.0. The number of rotatable bonds is 7. The number of methoxy groups -OCH3 is 1. The highest BCUT2D eigenvalue weighted by molar-refractivity contribution is 5.99. The van der Waals surface area contributed by atoms with Gasteiger partial charge in [-0.2, -0.15) is 0 Å². The van der Waals surface area contributed by atoms with E-state index in [4.69, 9.17) is 15.7 Å². The average molecular weight is 279 g/mol. The Bertz CT molecular complexity index is 498. The Balaban J connectivity index is 2.01. The molecule has 0 bridgehead atoms. The van der Waals surface area contributed by atoms with Crippen molar-refractivity contribution < 1.29 is 15.1 Å². The number of nitrogens with two attached hydrogens (primary N) is 1. The van der Waals surface area contributed by atoms with Gasteiger partial charge in [-0.1, -0.05) is 11.2 Å². The van der Waals surface area contributed by atoms with Gasteiger partial charge in [-0.25, -0.2) is 0 Å². The molecule has 0 heterocycles. The lowest BCUT2D eigenvalue weighted by molar-refractivity contribution is 0.207. The van der Waals surface area contributed by atoms with Gasteiger partial charge in [0.05, 0.1) is 12.7 Å². The van der Waals surface area contributed by atoms with E-state index in [0.717, 1.165) is 24.9 Å². The van der Waals surface area contributed by atoms with Gasteiger partial charge >= 0.3 is 0 Å². The van der Waals surface area contributed by atoms with E-state index in [-0.39, 0.29) is 17.9 Å². The quantitative estimate of drug-likeness (QED) is 0.254. The second-order valence-corrected chi connectivity index (χ2v) is 5.28. The summed E-state index contributed by atoms with van der Waals surface area (Å²) in [6, 6.07) is 5.56. The molecule has 6 nitrogen and oxygen atoms in total. The van der Waals surface area contributed by atoms with Crippen LogP contribution in [0.1, 0.15) is 24.0 Å². The van der Waals surface area contributed by atoms with E-state index >= 15 is 0 Å². The number of amidine groups is 1. The molecule has 1 fully saturated rings. The predicted octanol–water partition coefficient (Wildman–Crippen LogP) is 0.652. The van der Waals surface area contributed by atoms with Crippen molar-refractivity contribution in [1.29, 1.82) is 0 Å². The van der Waals surface area contributed by atoms with Crippen LogP contribution in [0.4, 0.5) is 0 Å². The third-order valence-corrected chi connectivity index (χ3v) is 3.77. The van der Waals surface area contributed by atoms with Crippen molar-refractivity contribution in [2.45, 2.75) is 19.4 Å². The molecule has 6 heteroatoms. The Hall–Kier alpha value is -1.79. The maximum Gasteiger partial charge on any atom is 0.173 e. The van der Waals surface area contributed by atoms with Crippen LogP contribution in [-0.4, -0.2) is 36.4 Å². The van der Waals surface area contributed by atoms with Crippen LogP contribution >= 0.6 is 0 Å². The van der Waals surface area contributed by atoms with Crippen LogP contribution in [0.2, 0.25) is 0 Å². The molecule has 0 amide bonds. The van der Waals surface area contributed by atoms with Crippen molar-refractivity contribution in [3.63, 3.8) is 0 Å². The lowest BCUT2D eigenvalue weighted by Gasteiger charge is -2.14. The van der Waals surface area contributed by atoms with Crippen molar-refractivity contribution >= 4 is 5.84 Å². The van der Waals surface area contributed by atoms with Gasteiger partial charge in [0, 0.05) is 25.1 Å². The van der Waals surface area contributed by atoms with Crippen molar-refractivity contribution in [1.82, 2.24) is 5.32 Å². The molecule has 0 unspecified atom stereocenters. The third kappa shape index (κ3) is 3.20. The van der Waals surface area contributed by atoms with Crippen molar-refractivity contribution in [3.05, 3.63) is 29.3 Å². The molecule has 5 N–H and O–H groups in total. The Morgan fingerprint density at radius 1 is 1.50 bits per heavy atom. The molecular weight excluding hydrogens is 258 g/mol. The lowest BCUT2D eigenvalue weighted by atomic mass is 10.1. The summed E-state index contributed by atoms with van der Waals surface area (Å²) in [7, 11) is 1.54. The minimum Gasteiger partial charge on any atom is -0.496 e. The zero-order valence-corrected chi connectivity index (χ0v) is 11.6. The predicted molar refractivity (Wildman–Crippen MR) is 76.0 cm³/mol. The highest BCUT2D eigenvalue weighted by Gasteiger charge is 2.41. The Morgan fingerprint density at radius 3 is 2.80 bits per heavy atom. The third-order valence-electron chi connectivity index (χ3n) is 3.77. The van der Waals surface area contributed by atoms with Gasteiger partial charge in [-0.05, 0) is 30.5 Å². The molecular formula is C14H21N3O3. The van der Waals surface area contributed by atoms with Crippen LogP contribution in [0.5, 0.6) is 5.75 Å². The van der Waals surface area contributed by atoms with E-state index in [1.54, 1.807) is 13.2 Å². The lowest BCUT2D eigenvalue weighted by Crippen LogP contribution is -2.26. The van der Waals surface area contributed by atoms with Crippen LogP contribution in [0.3, 0.4) is 0 Å². The molecule has 1 aliphatic carbocycles. The Labute approximate surface area is 118 Å². The molecule has 110 valence electrons. The molecule has 20 heavy (non-hydrogen) atoms. The van der Waals surface area contributed by atoms with Crippen molar-refractivity contribution in [3.8, 4) is 5.75 Å². The van der Waals surface area contributed by atoms with E-state index in [9.17, 15) is 5.11 Å². The van der Waals surface area contributed by atoms with Gasteiger partial charge in [0.1, 0.15) is 5.75 Å². The molecule has 0 atom stereocenters. The number of hydrogen-bond acceptors (Lipinski definition) is 5. The van der Waals surface area contributed by atoms with Crippen LogP contribution < -0.4 is 15.8 Å². The zero-order chi connectivity index (χ0) is 14.6. The first-order chi connectivity index (χ1) is 9.64. The average Bonchev–Trinajstić information content (AvgIpc) is 3.27. The van der Waals surface area contributed by atoms with Crippen LogP contribution in [0, 0.1) is 5.41 Å². The van der Waals surface area contributed by atoms with E-state index in [1.165, 1.54) is 0 Å². The van der Waals surface area contributed by atoms with Gasteiger partial charge < -0.3 is 26.1 Å². The summed E-state index contributed by atoms with van der Waals surface area (Å²) in [6.07, 6.45) is 2.16. The fourth-order valence-corrected chi connectivity index (χ4v) is 2.16. The first kappa shape index (κ1) is 14.6. The number of aliphatic hydroxyl groups is 1. The second kappa shape index (κ2) is 6.11. The summed E-state index contributed by atoms with van der Waals surface area (Å²) in [5, 5.41) is 24.4. The molecule has 0 radical (unpaired) electrons. The van der Waals surface area contributed by atoms with E-state index in [0.29, 0.717) is 17.9 Å². The molecule has 2 rings (SSSR count). The van der Waals surface area contributed by atoms with E-state index < -0.39 is 0 Å². The standard InChI is InChI=1S/C14H21N3O3/c1-20-12-3-2-10(6-11(12)13(15)17-19)7-16-8-14(9-18)4-5-14/h2-3,6,16,18-19H,4-5,7-9H2,1H3,(H2,15,17). The maximum atomic E-state index is 9.25. The minimum atomic E-state index is 0.0257. The van der Waals surface area contributed by atoms with Gasteiger partial charge in [0.25, 0.3) is 0 Å². The first-order valence-corrected chi connectivity index (χ1v) is 6.60. The van der Waals surface area contributed by atoms with Crippen LogP contribution in [0.15, 0.2) is 23.4 Å². The van der Waals surface area contributed by atoms with Gasteiger partial charge in [0.15, 0.2) is 5.84 Å². The molecule has 0 aliphatic heterocycles. The zero-order valence-electron chi connectivity index (χ0n) is 11.6. The number of ether oxygens (including phenoxy) is 1. The smallest absolute Gasteiger partial charge is 0.173 e. The fourth-order valence-electron chi connectivity index (χ4n) is 2.16. The van der Waals surface area contributed by atoms with Crippen LogP contribution in [0.25, 0.3) is 0 Å². The summed E-state index contributed by atoms with van der Waals surface area (Å²) in [5.41, 5.74) is 7.30. The molecule has 1 saturated carbocycles. The topological polar surface area (TPSA) is 100 Å². The number of benzene rings is 1. The highest BCUT2D eigenvalue weighted by atomic mass is 16.5. The molecule has 0 saturated heterocycles. The molecule has 0 aromatic heterocycles. The molecule has 1 aliphatic rings. The maximum absolute atomic E-state index is 9.25. The largest absolute Gasteiger partial charge is 0.496 e. The first-order valence-electron chi connectivity index (χ1n) is 6.60. The van der Waals surface area contributed by atoms with Gasteiger partial charge in [-0.15, -0.1) is 0 Å². The number of aliphatic hydroxyl groups excluding tert-OH is 1. The van der Waals surface area contributed by atoms with Gasteiger partial charge in [-0.3, -0.25) is 0 Å². The summed E-state index contributed by atoms with van der Waals surface area (Å²) in [4.78, 5) is 0. The summed E-state index contributed by atoms with van der Waals surface area (Å²) >= 11 is 0. The Morgan fingerprint density at radius 2 is 2.25 bits per heavy atom. The summed E-state index contributed by atoms with van der Waals surface area (Å²) in [5.74, 6) is 0.593. The second-order valence-electron chi connectivity index (χ2n) is 5.28. The molecule has 1 aromatic rings. The van der Waals surface area contributed by atoms with Crippen LogP contribution in [-0.2, 0) is 6.54 Å². The summed E-state index contributed by atoms with van der Waals surface area (Å²) in [6.45, 7) is 1.70. The Kier molecular flexibility index (Phi) is 4.46. The number of nitrogens with one attached hydrogen (secondary N) is 1. The molecule has 1 aromatic carbocycles. The summed E-state index contributed by atoms with van der Waals surface area (Å²) < 4.78 is 5.18. The monoisotopic (exact) mass is 279 g/mol. The van der Waals surface area contributed by atoms with Crippen molar-refractivity contribution in [2.75, 3.05) is 20.3 Å². The SMILES string of the molecule is COc1ccc(CNCC2(CO)CC2)cc1/C(N)=N/O. The highest BCUT2D eigenvalue weighted by Crippen LogP contribution is 2.44. The van der Waals surface area contributed by atoms with E-state index in [1.807, 2.05) is 12.1 Å². The number of oxime groups is 1. The van der Waals surface area contributed by atoms with Crippen molar-refractivity contribution in [2.24, 2.45) is 16.3 Å².